The molecule has 1 aromatic heterocycles. The fourth-order valence-electron chi connectivity index (χ4n) is 6.20. The van der Waals surface area contributed by atoms with E-state index in [1.807, 2.05) is 54.7 Å². The van der Waals surface area contributed by atoms with E-state index in [2.05, 4.69) is 59.5 Å². The zero-order valence-electron chi connectivity index (χ0n) is 29.5. The normalized spacial score (nSPS) is 12.3. The number of para-hydroxylation sites is 1. The summed E-state index contributed by atoms with van der Waals surface area (Å²) < 4.78 is 10.8. The van der Waals surface area contributed by atoms with E-state index < -0.39 is 6.04 Å². The molecule has 0 saturated heterocycles. The number of ether oxygens (including phenoxy) is 2. The van der Waals surface area contributed by atoms with Crippen molar-refractivity contribution in [1.82, 2.24) is 15.6 Å². The minimum absolute atomic E-state index is 0.0801. The second-order valence-electron chi connectivity index (χ2n) is 12.9. The van der Waals surface area contributed by atoms with Gasteiger partial charge >= 0.3 is 5.97 Å². The molecule has 262 valence electrons. The molecule has 1 heterocycles. The summed E-state index contributed by atoms with van der Waals surface area (Å²) >= 11 is 0. The zero-order chi connectivity index (χ0) is 34.7. The topological polar surface area (TPSA) is 92.5 Å². The van der Waals surface area contributed by atoms with Crippen LogP contribution >= 0.6 is 0 Å². The molecule has 0 bridgehead atoms. The number of unbranched alkanes of at least 4 members (excludes halogenated alkanes) is 5. The summed E-state index contributed by atoms with van der Waals surface area (Å²) in [7, 11) is 1.69. The molecule has 2 atom stereocenters. The first-order valence-electron chi connectivity index (χ1n) is 18.1. The third-order valence-corrected chi connectivity index (χ3v) is 9.17. The number of hydrogen-bond donors (Lipinski definition) is 3. The quantitative estimate of drug-likeness (QED) is 0.0546. The second-order valence-corrected chi connectivity index (χ2v) is 12.9. The lowest BCUT2D eigenvalue weighted by molar-refractivity contribution is -0.144. The second kappa shape index (κ2) is 20.8. The van der Waals surface area contributed by atoms with Crippen LogP contribution in [0.25, 0.3) is 10.9 Å². The largest absolute Gasteiger partial charge is 0.497 e. The van der Waals surface area contributed by atoms with Crippen LogP contribution in [0.1, 0.15) is 81.4 Å². The molecule has 0 spiro atoms. The van der Waals surface area contributed by atoms with E-state index in [-0.39, 0.29) is 24.2 Å². The van der Waals surface area contributed by atoms with Crippen LogP contribution in [0.2, 0.25) is 0 Å². The van der Waals surface area contributed by atoms with Gasteiger partial charge in [-0.05, 0) is 67.0 Å². The van der Waals surface area contributed by atoms with Gasteiger partial charge in [-0.25, -0.2) is 0 Å². The van der Waals surface area contributed by atoms with E-state index in [4.69, 9.17) is 9.47 Å². The number of hydrogen-bond acceptors (Lipinski definition) is 5. The van der Waals surface area contributed by atoms with Crippen molar-refractivity contribution < 1.29 is 19.1 Å². The summed E-state index contributed by atoms with van der Waals surface area (Å²) in [4.78, 5) is 30.0. The van der Waals surface area contributed by atoms with Gasteiger partial charge in [-0.3, -0.25) is 9.59 Å². The summed E-state index contributed by atoms with van der Waals surface area (Å²) in [5, 5.41) is 7.74. The Morgan fingerprint density at radius 3 is 2.33 bits per heavy atom. The number of fused-ring (bicyclic) bond motifs is 1. The Hall–Kier alpha value is -4.52. The van der Waals surface area contributed by atoms with Crippen LogP contribution < -0.4 is 15.4 Å². The summed E-state index contributed by atoms with van der Waals surface area (Å²) in [6.45, 7) is 7.45. The van der Waals surface area contributed by atoms with Gasteiger partial charge in [-0.2, -0.15) is 0 Å². The number of aromatic amines is 1. The zero-order valence-corrected chi connectivity index (χ0v) is 29.5. The molecular weight excluding hydrogens is 610 g/mol. The number of carbonyl (C=O) groups is 2. The number of methoxy groups -OCH3 is 1. The van der Waals surface area contributed by atoms with E-state index in [9.17, 15) is 9.59 Å². The van der Waals surface area contributed by atoms with Gasteiger partial charge in [0, 0.05) is 41.7 Å². The number of aryl methyl sites for hydroxylation is 1. The van der Waals surface area contributed by atoms with Crippen molar-refractivity contribution in [2.45, 2.75) is 90.0 Å². The molecule has 0 saturated carbocycles. The van der Waals surface area contributed by atoms with E-state index in [1.54, 1.807) is 7.11 Å². The van der Waals surface area contributed by atoms with Crippen molar-refractivity contribution in [3.63, 3.8) is 0 Å². The first-order chi connectivity index (χ1) is 24.0. The van der Waals surface area contributed by atoms with Crippen LogP contribution in [-0.4, -0.2) is 43.2 Å². The summed E-state index contributed by atoms with van der Waals surface area (Å²) in [5.74, 6) is 0.470. The van der Waals surface area contributed by atoms with Gasteiger partial charge in [0.1, 0.15) is 11.8 Å². The van der Waals surface area contributed by atoms with Gasteiger partial charge in [0.15, 0.2) is 0 Å². The highest BCUT2D eigenvalue weighted by Crippen LogP contribution is 2.24. The minimum Gasteiger partial charge on any atom is -0.497 e. The van der Waals surface area contributed by atoms with Gasteiger partial charge in [-0.15, -0.1) is 0 Å². The van der Waals surface area contributed by atoms with E-state index in [0.29, 0.717) is 19.6 Å². The molecule has 0 aliphatic carbocycles. The molecule has 4 aromatic rings. The summed E-state index contributed by atoms with van der Waals surface area (Å²) in [5.41, 5.74) is 5.32. The van der Waals surface area contributed by atoms with E-state index in [1.165, 1.54) is 11.1 Å². The predicted octanol–water partition coefficient (Wildman–Crippen LogP) is 8.48. The maximum atomic E-state index is 13.7. The molecule has 0 fully saturated rings. The van der Waals surface area contributed by atoms with Gasteiger partial charge in [0.2, 0.25) is 5.91 Å². The number of allylic oxidation sites excluding steroid dienone is 1. The SMILES string of the molecule is C=C(N[C@@H](Cc1c[nH]c2ccccc12)C(=O)NCCc1ccccc1)[C@H](CCCCCCCc1ccc(OC)cc1)CC(=O)OCCCC. The third kappa shape index (κ3) is 12.8. The average Bonchev–Trinajstić information content (AvgIpc) is 3.53. The van der Waals surface area contributed by atoms with Crippen molar-refractivity contribution in [1.29, 1.82) is 0 Å². The molecule has 3 N–H and O–H groups in total. The number of nitrogens with one attached hydrogen (secondary N) is 3. The first-order valence-corrected chi connectivity index (χ1v) is 18.1. The number of benzene rings is 3. The van der Waals surface area contributed by atoms with Crippen molar-refractivity contribution in [3.05, 3.63) is 114 Å². The number of esters is 1. The maximum absolute atomic E-state index is 13.7. The van der Waals surface area contributed by atoms with Crippen LogP contribution in [0.15, 0.2) is 97.3 Å². The van der Waals surface area contributed by atoms with Gasteiger partial charge in [0.05, 0.1) is 20.1 Å². The van der Waals surface area contributed by atoms with Crippen LogP contribution in [0.5, 0.6) is 5.75 Å². The summed E-state index contributed by atoms with van der Waals surface area (Å²) in [6.07, 6.45) is 12.7. The Morgan fingerprint density at radius 2 is 1.55 bits per heavy atom. The number of rotatable bonds is 23. The van der Waals surface area contributed by atoms with Crippen LogP contribution in [0, 0.1) is 5.92 Å². The lowest BCUT2D eigenvalue weighted by Crippen LogP contribution is -2.46. The Labute approximate surface area is 292 Å². The highest BCUT2D eigenvalue weighted by Gasteiger charge is 2.25. The molecule has 7 heteroatoms. The Morgan fingerprint density at radius 1 is 0.837 bits per heavy atom. The fraction of sp³-hybridized carbons (Fsp3) is 0.429. The van der Waals surface area contributed by atoms with Crippen molar-refractivity contribution in [2.24, 2.45) is 5.92 Å². The standard InChI is InChI=1S/C42H55N3O4/c1-4-5-28-49-41(46)30-35(19-13-8-6-7-10-18-34-22-24-37(48-3)25-23-34)32(2)45-40(29-36-31-44-39-21-15-14-20-38(36)39)42(47)43-27-26-33-16-11-9-12-17-33/h9,11-12,14-17,20-25,31,35,40,44-45H,2,4-8,10,13,18-19,26-30H2,1,3H3,(H,43,47)/t35-,40+/m1/s1. The Kier molecular flexibility index (Phi) is 15.8. The fourth-order valence-corrected chi connectivity index (χ4v) is 6.20. The number of amides is 1. The minimum atomic E-state index is -0.543. The van der Waals surface area contributed by atoms with Gasteiger partial charge < -0.3 is 25.1 Å². The van der Waals surface area contributed by atoms with Gasteiger partial charge in [-0.1, -0.05) is 106 Å². The molecule has 3 aromatic carbocycles. The smallest absolute Gasteiger partial charge is 0.306 e. The van der Waals surface area contributed by atoms with Crippen molar-refractivity contribution in [2.75, 3.05) is 20.3 Å². The molecule has 7 nitrogen and oxygen atoms in total. The molecular formula is C42H55N3O4. The molecule has 1 amide bonds. The van der Waals surface area contributed by atoms with Crippen molar-refractivity contribution in [3.8, 4) is 5.75 Å². The first kappa shape index (κ1) is 37.3. The Bertz CT molecular complexity index is 1560. The molecule has 4 rings (SSSR count). The van der Waals surface area contributed by atoms with E-state index >= 15 is 0 Å². The highest BCUT2D eigenvalue weighted by molar-refractivity contribution is 5.86. The molecule has 0 radical (unpaired) electrons. The van der Waals surface area contributed by atoms with Crippen molar-refractivity contribution >= 4 is 22.8 Å². The van der Waals surface area contributed by atoms with Crippen LogP contribution in [0.3, 0.4) is 0 Å². The number of carbonyl (C=O) groups excluding carboxylic acids is 2. The third-order valence-electron chi connectivity index (χ3n) is 9.17. The summed E-state index contributed by atoms with van der Waals surface area (Å²) in [6, 6.07) is 26.1. The average molecular weight is 666 g/mol. The van der Waals surface area contributed by atoms with Crippen LogP contribution in [-0.2, 0) is 33.6 Å². The predicted molar refractivity (Wildman–Crippen MR) is 200 cm³/mol. The molecule has 0 aliphatic heterocycles. The maximum Gasteiger partial charge on any atom is 0.306 e. The number of aromatic nitrogens is 1. The molecule has 0 aliphatic rings. The van der Waals surface area contributed by atoms with Gasteiger partial charge in [0.25, 0.3) is 0 Å². The lowest BCUT2D eigenvalue weighted by Gasteiger charge is -2.26. The lowest BCUT2D eigenvalue weighted by atomic mass is 9.93. The van der Waals surface area contributed by atoms with E-state index in [0.717, 1.165) is 92.1 Å². The molecule has 0 unspecified atom stereocenters. The monoisotopic (exact) mass is 665 g/mol. The van der Waals surface area contributed by atoms with Crippen LogP contribution in [0.4, 0.5) is 0 Å². The molecule has 49 heavy (non-hydrogen) atoms. The highest BCUT2D eigenvalue weighted by atomic mass is 16.5. The Balaban J connectivity index is 1.36. The number of H-pyrrole nitrogens is 1.